The van der Waals surface area contributed by atoms with Gasteiger partial charge < -0.3 is 19.3 Å². The maximum atomic E-state index is 14.4. The third-order valence-electron chi connectivity index (χ3n) is 7.21. The van der Waals surface area contributed by atoms with Crippen LogP contribution >= 0.6 is 23.2 Å². The summed E-state index contributed by atoms with van der Waals surface area (Å²) in [4.78, 5) is 35.0. The Morgan fingerprint density at radius 1 is 1.05 bits per heavy atom. The lowest BCUT2D eigenvalue weighted by Crippen LogP contribution is -2.44. The molecule has 0 unspecified atom stereocenters. The van der Waals surface area contributed by atoms with E-state index < -0.39 is 11.7 Å². The summed E-state index contributed by atoms with van der Waals surface area (Å²) in [6.07, 6.45) is 5.38. The van der Waals surface area contributed by atoms with Crippen LogP contribution in [0.1, 0.15) is 56.7 Å². The fourth-order valence-electron chi connectivity index (χ4n) is 4.96. The Morgan fingerprint density at radius 3 is 2.50 bits per heavy atom. The zero-order chi connectivity index (χ0) is 29.9. The Labute approximate surface area is 257 Å². The third-order valence-corrected chi connectivity index (χ3v) is 8.07. The zero-order valence-corrected chi connectivity index (χ0v) is 25.6. The summed E-state index contributed by atoms with van der Waals surface area (Å²) in [5.74, 6) is 0.586. The van der Waals surface area contributed by atoms with Crippen molar-refractivity contribution in [3.8, 4) is 5.75 Å². The first-order valence-electron chi connectivity index (χ1n) is 14.1. The van der Waals surface area contributed by atoms with E-state index in [1.54, 1.807) is 23.4 Å². The van der Waals surface area contributed by atoms with Gasteiger partial charge in [-0.1, -0.05) is 47.5 Å². The van der Waals surface area contributed by atoms with Crippen LogP contribution in [0.5, 0.6) is 5.75 Å². The highest BCUT2D eigenvalue weighted by molar-refractivity contribution is 6.42. The minimum atomic E-state index is -0.644. The summed E-state index contributed by atoms with van der Waals surface area (Å²) in [6.45, 7) is 6.83. The van der Waals surface area contributed by atoms with E-state index in [0.717, 1.165) is 35.1 Å². The average molecular weight is 609 g/mol. The molecule has 0 bridgehead atoms. The van der Waals surface area contributed by atoms with Gasteiger partial charge in [0.2, 0.25) is 0 Å². The van der Waals surface area contributed by atoms with E-state index >= 15 is 0 Å². The van der Waals surface area contributed by atoms with Crippen molar-refractivity contribution in [3.63, 3.8) is 0 Å². The molecule has 7 nitrogen and oxygen atoms in total. The van der Waals surface area contributed by atoms with Gasteiger partial charge in [0.25, 0.3) is 5.91 Å². The smallest absolute Gasteiger partial charge is 0.410 e. The van der Waals surface area contributed by atoms with Crippen molar-refractivity contribution in [2.75, 3.05) is 13.1 Å². The number of amides is 2. The summed E-state index contributed by atoms with van der Waals surface area (Å²) in [5.41, 5.74) is 3.52. The summed E-state index contributed by atoms with van der Waals surface area (Å²) in [6, 6.07) is 17.2. The van der Waals surface area contributed by atoms with Gasteiger partial charge in [0, 0.05) is 37.1 Å². The Hall–Kier alpha value is -3.55. The van der Waals surface area contributed by atoms with Crippen molar-refractivity contribution >= 4 is 40.8 Å². The number of benzene rings is 2. The maximum absolute atomic E-state index is 14.4. The Kier molecular flexibility index (Phi) is 9.09. The molecule has 0 radical (unpaired) electrons. The van der Waals surface area contributed by atoms with Crippen molar-refractivity contribution in [2.24, 2.45) is 0 Å². The molecule has 3 aromatic rings. The molecule has 1 aromatic heterocycles. The van der Waals surface area contributed by atoms with Gasteiger partial charge in [0.15, 0.2) is 0 Å². The second kappa shape index (κ2) is 12.8. The lowest BCUT2D eigenvalue weighted by atomic mass is 9.92. The minimum absolute atomic E-state index is 0.105. The molecule has 0 spiro atoms. The average Bonchev–Trinajstić information content (AvgIpc) is 3.81. The topological polar surface area (TPSA) is 72.0 Å². The number of rotatable bonds is 8. The van der Waals surface area contributed by atoms with Gasteiger partial charge in [-0.05, 0) is 92.6 Å². The van der Waals surface area contributed by atoms with Crippen LogP contribution in [-0.2, 0) is 22.7 Å². The van der Waals surface area contributed by atoms with Gasteiger partial charge in [-0.25, -0.2) is 4.79 Å². The number of hydrogen-bond donors (Lipinski definition) is 0. The van der Waals surface area contributed by atoms with Crippen LogP contribution in [0.4, 0.5) is 4.79 Å². The van der Waals surface area contributed by atoms with Gasteiger partial charge in [0.1, 0.15) is 18.0 Å². The van der Waals surface area contributed by atoms with Crippen LogP contribution in [-0.4, -0.2) is 51.5 Å². The standard InChI is InChI=1S/C33H35Cl2N3O4/c1-33(2,3)42-32(40)37-17-14-27(23-6-4-8-26(18-23)41-21-22-12-15-36-16-13-22)28(20-37)31(39)38(25-10-11-25)19-24-7-5-9-29(34)30(24)35/h4-9,12-13,15-16,18,25H,10-11,14,17,19-21H2,1-3H3. The number of carbonyl (C=O) groups is 2. The molecule has 0 atom stereocenters. The zero-order valence-electron chi connectivity index (χ0n) is 24.1. The quantitative estimate of drug-likeness (QED) is 0.264. The number of aromatic nitrogens is 1. The predicted octanol–water partition coefficient (Wildman–Crippen LogP) is 7.55. The predicted molar refractivity (Wildman–Crippen MR) is 164 cm³/mol. The third kappa shape index (κ3) is 7.44. The molecule has 2 aromatic carbocycles. The van der Waals surface area contributed by atoms with Crippen LogP contribution in [0, 0.1) is 0 Å². The van der Waals surface area contributed by atoms with Crippen molar-refractivity contribution < 1.29 is 19.1 Å². The summed E-state index contributed by atoms with van der Waals surface area (Å²) in [7, 11) is 0. The molecular weight excluding hydrogens is 573 g/mol. The fraction of sp³-hybridized carbons (Fsp3) is 0.364. The first kappa shape index (κ1) is 29.9. The van der Waals surface area contributed by atoms with Crippen molar-refractivity contribution in [1.82, 2.24) is 14.8 Å². The first-order chi connectivity index (χ1) is 20.1. The van der Waals surface area contributed by atoms with Gasteiger partial charge in [-0.3, -0.25) is 9.78 Å². The number of halogens is 2. The molecule has 1 aliphatic heterocycles. The molecule has 2 aliphatic rings. The minimum Gasteiger partial charge on any atom is -0.489 e. The van der Waals surface area contributed by atoms with Crippen LogP contribution in [0.15, 0.2) is 72.6 Å². The Bertz CT molecular complexity index is 1480. The molecule has 42 heavy (non-hydrogen) atoms. The molecule has 1 aliphatic carbocycles. The number of pyridine rings is 1. The lowest BCUT2D eigenvalue weighted by Gasteiger charge is -2.34. The lowest BCUT2D eigenvalue weighted by molar-refractivity contribution is -0.128. The molecule has 2 heterocycles. The monoisotopic (exact) mass is 607 g/mol. The maximum Gasteiger partial charge on any atom is 0.410 e. The summed E-state index contributed by atoms with van der Waals surface area (Å²) < 4.78 is 11.7. The van der Waals surface area contributed by atoms with E-state index in [4.69, 9.17) is 32.7 Å². The Morgan fingerprint density at radius 2 is 1.79 bits per heavy atom. The summed E-state index contributed by atoms with van der Waals surface area (Å²) in [5, 5.41) is 0.902. The second-order valence-corrected chi connectivity index (χ2v) is 12.4. The molecule has 2 amide bonds. The van der Waals surface area contributed by atoms with E-state index in [1.807, 2.05) is 74.2 Å². The molecule has 0 saturated heterocycles. The first-order valence-corrected chi connectivity index (χ1v) is 14.9. The van der Waals surface area contributed by atoms with Gasteiger partial charge in [-0.15, -0.1) is 0 Å². The molecular formula is C33H35Cl2N3O4. The highest BCUT2D eigenvalue weighted by Gasteiger charge is 2.38. The van der Waals surface area contributed by atoms with E-state index in [-0.39, 0.29) is 18.5 Å². The number of nitrogens with zero attached hydrogens (tertiary/aromatic N) is 3. The molecule has 0 N–H and O–H groups in total. The van der Waals surface area contributed by atoms with Crippen LogP contribution < -0.4 is 4.74 Å². The molecule has 1 saturated carbocycles. The highest BCUT2D eigenvalue weighted by Crippen LogP contribution is 2.37. The Balaban J connectivity index is 1.47. The van der Waals surface area contributed by atoms with Crippen LogP contribution in [0.2, 0.25) is 10.0 Å². The van der Waals surface area contributed by atoms with E-state index in [9.17, 15) is 9.59 Å². The fourth-order valence-corrected chi connectivity index (χ4v) is 5.34. The largest absolute Gasteiger partial charge is 0.489 e. The van der Waals surface area contributed by atoms with Crippen molar-refractivity contribution in [2.45, 2.75) is 64.8 Å². The van der Waals surface area contributed by atoms with Gasteiger partial charge in [0.05, 0.1) is 16.6 Å². The SMILES string of the molecule is CC(C)(C)OC(=O)N1CCC(c2cccc(OCc3ccncc3)c2)=C(C(=O)N(Cc2cccc(Cl)c2Cl)C2CC2)C1. The van der Waals surface area contributed by atoms with Crippen LogP contribution in [0.3, 0.4) is 0 Å². The van der Waals surface area contributed by atoms with Crippen LogP contribution in [0.25, 0.3) is 5.57 Å². The number of ether oxygens (including phenoxy) is 2. The normalized spacial score (nSPS) is 15.4. The van der Waals surface area contributed by atoms with Gasteiger partial charge >= 0.3 is 6.09 Å². The number of carbonyl (C=O) groups excluding carboxylic acids is 2. The summed E-state index contributed by atoms with van der Waals surface area (Å²) >= 11 is 12.8. The molecule has 9 heteroatoms. The second-order valence-electron chi connectivity index (χ2n) is 11.7. The van der Waals surface area contributed by atoms with E-state index in [0.29, 0.717) is 47.5 Å². The van der Waals surface area contributed by atoms with E-state index in [2.05, 4.69) is 4.98 Å². The molecule has 1 fully saturated rings. The molecule has 5 rings (SSSR count). The van der Waals surface area contributed by atoms with Gasteiger partial charge in [-0.2, -0.15) is 0 Å². The van der Waals surface area contributed by atoms with Crippen molar-refractivity contribution in [3.05, 3.63) is 99.3 Å². The molecule has 220 valence electrons. The number of hydrogen-bond acceptors (Lipinski definition) is 5. The van der Waals surface area contributed by atoms with Crippen molar-refractivity contribution in [1.29, 1.82) is 0 Å². The highest BCUT2D eigenvalue weighted by atomic mass is 35.5. The van der Waals surface area contributed by atoms with E-state index in [1.165, 1.54) is 0 Å².